The fourth-order valence-electron chi connectivity index (χ4n) is 2.75. The molecule has 0 saturated carbocycles. The van der Waals surface area contributed by atoms with Gasteiger partial charge in [0.1, 0.15) is 22.1 Å². The fourth-order valence-corrected chi connectivity index (χ4v) is 3.60. The van der Waals surface area contributed by atoms with Crippen LogP contribution in [0.2, 0.25) is 0 Å². The van der Waals surface area contributed by atoms with Crippen LogP contribution in [0, 0.1) is 0 Å². The highest BCUT2D eigenvalue weighted by Gasteiger charge is 2.16. The predicted molar refractivity (Wildman–Crippen MR) is 97.5 cm³/mol. The summed E-state index contributed by atoms with van der Waals surface area (Å²) in [5.74, 6) is 0.626. The van der Waals surface area contributed by atoms with Crippen molar-refractivity contribution in [3.63, 3.8) is 0 Å². The van der Waals surface area contributed by atoms with Crippen molar-refractivity contribution >= 4 is 22.1 Å². The van der Waals surface area contributed by atoms with Crippen molar-refractivity contribution in [2.75, 3.05) is 7.11 Å². The zero-order chi connectivity index (χ0) is 17.4. The number of aromatic carboxylic acids is 1. The van der Waals surface area contributed by atoms with Crippen LogP contribution in [0.25, 0.3) is 27.5 Å². The largest absolute Gasteiger partial charge is 0.497 e. The average molecular weight is 350 g/mol. The lowest BCUT2D eigenvalue weighted by Gasteiger charge is -2.02. The third kappa shape index (κ3) is 2.66. The molecular formula is C19H14N2O3S. The lowest BCUT2D eigenvalue weighted by Crippen LogP contribution is -1.95. The van der Waals surface area contributed by atoms with Crippen LogP contribution in [0.4, 0.5) is 0 Å². The third-order valence-electron chi connectivity index (χ3n) is 3.99. The van der Waals surface area contributed by atoms with E-state index in [0.29, 0.717) is 0 Å². The molecule has 2 aromatic heterocycles. The summed E-state index contributed by atoms with van der Waals surface area (Å²) in [6.07, 6.45) is 1.97. The number of fused-ring (bicyclic) bond motifs is 1. The Hall–Kier alpha value is -3.12. The molecule has 5 nitrogen and oxygen atoms in total. The summed E-state index contributed by atoms with van der Waals surface area (Å²) in [4.78, 5) is 16.9. The number of aromatic nitrogens is 2. The fraction of sp³-hybridized carbons (Fsp3) is 0.0526. The summed E-state index contributed by atoms with van der Waals surface area (Å²) in [6.45, 7) is 0. The molecule has 0 unspecified atom stereocenters. The smallest absolute Gasteiger partial charge is 0.335 e. The molecule has 0 bridgehead atoms. The molecule has 1 N–H and O–H groups in total. The van der Waals surface area contributed by atoms with Gasteiger partial charge in [-0.1, -0.05) is 24.3 Å². The van der Waals surface area contributed by atoms with Crippen LogP contribution in [-0.2, 0) is 0 Å². The Morgan fingerprint density at radius 1 is 1.16 bits per heavy atom. The van der Waals surface area contributed by atoms with Gasteiger partial charge in [-0.25, -0.2) is 9.78 Å². The Kier molecular flexibility index (Phi) is 3.74. The molecule has 0 amide bonds. The van der Waals surface area contributed by atoms with Crippen LogP contribution in [0.15, 0.2) is 60.1 Å². The van der Waals surface area contributed by atoms with Gasteiger partial charge in [-0.05, 0) is 24.3 Å². The standard InChI is InChI=1S/C19H14N2O3S/c1-24-15-4-2-3-14(11-15)16-18-21(9-10-25-18)17(20-16)12-5-7-13(8-6-12)19(22)23/h2-11H,1H3,(H,22,23). The van der Waals surface area contributed by atoms with Gasteiger partial charge < -0.3 is 9.84 Å². The highest BCUT2D eigenvalue weighted by Crippen LogP contribution is 2.33. The molecule has 124 valence electrons. The van der Waals surface area contributed by atoms with E-state index in [1.165, 1.54) is 0 Å². The number of imidazole rings is 1. The second-order valence-corrected chi connectivity index (χ2v) is 6.37. The molecular weight excluding hydrogens is 336 g/mol. The van der Waals surface area contributed by atoms with Crippen LogP contribution in [0.1, 0.15) is 10.4 Å². The van der Waals surface area contributed by atoms with Crippen molar-refractivity contribution in [1.82, 2.24) is 9.38 Å². The molecule has 0 atom stereocenters. The first-order valence-corrected chi connectivity index (χ1v) is 8.49. The Morgan fingerprint density at radius 3 is 2.68 bits per heavy atom. The number of carbonyl (C=O) groups is 1. The van der Waals surface area contributed by atoms with E-state index in [9.17, 15) is 4.79 Å². The normalized spacial score (nSPS) is 10.9. The van der Waals surface area contributed by atoms with Crippen LogP contribution in [-0.4, -0.2) is 27.6 Å². The van der Waals surface area contributed by atoms with E-state index >= 15 is 0 Å². The van der Waals surface area contributed by atoms with Gasteiger partial charge in [-0.3, -0.25) is 4.40 Å². The van der Waals surface area contributed by atoms with Gasteiger partial charge >= 0.3 is 5.97 Å². The molecule has 0 saturated heterocycles. The number of benzene rings is 2. The lowest BCUT2D eigenvalue weighted by molar-refractivity contribution is 0.0697. The van der Waals surface area contributed by atoms with E-state index < -0.39 is 5.97 Å². The summed E-state index contributed by atoms with van der Waals surface area (Å²) in [5, 5.41) is 11.1. The van der Waals surface area contributed by atoms with Gasteiger partial charge in [-0.15, -0.1) is 11.3 Å². The minimum absolute atomic E-state index is 0.259. The molecule has 0 radical (unpaired) electrons. The summed E-state index contributed by atoms with van der Waals surface area (Å²) in [5.41, 5.74) is 2.99. The van der Waals surface area contributed by atoms with Gasteiger partial charge in [0.2, 0.25) is 0 Å². The molecule has 0 fully saturated rings. The van der Waals surface area contributed by atoms with Gasteiger partial charge in [0.05, 0.1) is 12.7 Å². The molecule has 0 spiro atoms. The highest BCUT2D eigenvalue weighted by atomic mass is 32.1. The number of rotatable bonds is 4. The molecule has 0 aliphatic rings. The van der Waals surface area contributed by atoms with Crippen LogP contribution < -0.4 is 4.74 Å². The molecule has 25 heavy (non-hydrogen) atoms. The zero-order valence-corrected chi connectivity index (χ0v) is 14.2. The molecule has 4 rings (SSSR count). The van der Waals surface area contributed by atoms with E-state index in [0.717, 1.165) is 33.2 Å². The number of hydrogen-bond donors (Lipinski definition) is 1. The van der Waals surface area contributed by atoms with Gasteiger partial charge in [0.25, 0.3) is 0 Å². The Morgan fingerprint density at radius 2 is 1.96 bits per heavy atom. The van der Waals surface area contributed by atoms with Gasteiger partial charge in [-0.2, -0.15) is 0 Å². The topological polar surface area (TPSA) is 63.8 Å². The van der Waals surface area contributed by atoms with Crippen molar-refractivity contribution in [3.05, 3.63) is 65.7 Å². The van der Waals surface area contributed by atoms with E-state index in [2.05, 4.69) is 0 Å². The van der Waals surface area contributed by atoms with E-state index in [4.69, 9.17) is 14.8 Å². The number of thiazole rings is 1. The molecule has 0 aliphatic carbocycles. The Labute approximate surface area is 147 Å². The maximum absolute atomic E-state index is 11.0. The summed E-state index contributed by atoms with van der Waals surface area (Å²) in [7, 11) is 1.64. The summed E-state index contributed by atoms with van der Waals surface area (Å²) < 4.78 is 7.33. The van der Waals surface area contributed by atoms with Crippen molar-refractivity contribution in [1.29, 1.82) is 0 Å². The van der Waals surface area contributed by atoms with Gasteiger partial charge in [0, 0.05) is 22.7 Å². The minimum Gasteiger partial charge on any atom is -0.497 e. The molecule has 0 aliphatic heterocycles. The van der Waals surface area contributed by atoms with Crippen molar-refractivity contribution in [2.45, 2.75) is 0 Å². The number of carboxylic acid groups (broad SMARTS) is 1. The maximum atomic E-state index is 11.0. The van der Waals surface area contributed by atoms with Crippen LogP contribution in [0.3, 0.4) is 0 Å². The maximum Gasteiger partial charge on any atom is 0.335 e. The Bertz CT molecular complexity index is 1060. The average Bonchev–Trinajstić information content (AvgIpc) is 3.24. The van der Waals surface area contributed by atoms with Crippen LogP contribution in [0.5, 0.6) is 5.75 Å². The summed E-state index contributed by atoms with van der Waals surface area (Å²) >= 11 is 1.61. The lowest BCUT2D eigenvalue weighted by atomic mass is 10.1. The van der Waals surface area contributed by atoms with E-state index in [1.54, 1.807) is 42.7 Å². The Balaban J connectivity index is 1.86. The van der Waals surface area contributed by atoms with Gasteiger partial charge in [0.15, 0.2) is 0 Å². The molecule has 2 heterocycles. The monoisotopic (exact) mass is 350 g/mol. The third-order valence-corrected chi connectivity index (χ3v) is 4.86. The number of ether oxygens (including phenoxy) is 1. The second kappa shape index (κ2) is 6.07. The van der Waals surface area contributed by atoms with Crippen molar-refractivity contribution < 1.29 is 14.6 Å². The highest BCUT2D eigenvalue weighted by molar-refractivity contribution is 7.16. The quantitative estimate of drug-likeness (QED) is 0.591. The first-order valence-electron chi connectivity index (χ1n) is 7.61. The van der Waals surface area contributed by atoms with Crippen molar-refractivity contribution in [2.24, 2.45) is 0 Å². The number of hydrogen-bond acceptors (Lipinski definition) is 4. The minimum atomic E-state index is -0.938. The zero-order valence-electron chi connectivity index (χ0n) is 13.3. The first kappa shape index (κ1) is 15.4. The van der Waals surface area contributed by atoms with E-state index in [1.807, 2.05) is 40.2 Å². The first-order chi connectivity index (χ1) is 12.2. The van der Waals surface area contributed by atoms with Crippen molar-refractivity contribution in [3.8, 4) is 28.4 Å². The number of carboxylic acids is 1. The molecule has 6 heteroatoms. The second-order valence-electron chi connectivity index (χ2n) is 5.48. The molecule has 4 aromatic rings. The van der Waals surface area contributed by atoms with E-state index in [-0.39, 0.29) is 5.56 Å². The predicted octanol–water partition coefficient (Wildman–Crippen LogP) is 4.44. The molecule has 2 aromatic carbocycles. The number of nitrogens with zero attached hydrogens (tertiary/aromatic N) is 2. The number of methoxy groups -OCH3 is 1. The summed E-state index contributed by atoms with van der Waals surface area (Å²) in [6, 6.07) is 14.6. The van der Waals surface area contributed by atoms with Crippen LogP contribution >= 0.6 is 11.3 Å². The SMILES string of the molecule is COc1cccc(-c2nc(-c3ccc(C(=O)O)cc3)n3ccsc23)c1.